The lowest BCUT2D eigenvalue weighted by Crippen LogP contribution is -1.95. The average Bonchev–Trinajstić information content (AvgIpc) is 3.62. The molecule has 0 bridgehead atoms. The van der Waals surface area contributed by atoms with E-state index in [0.717, 1.165) is 16.8 Å². The Bertz CT molecular complexity index is 2860. The zero-order valence-corrected chi connectivity index (χ0v) is 25.0. The molecule has 0 aliphatic rings. The molecule has 2 nitrogen and oxygen atoms in total. The van der Waals surface area contributed by atoms with Crippen LogP contribution in [0, 0.1) is 0 Å². The summed E-state index contributed by atoms with van der Waals surface area (Å²) in [6, 6.07) is 59.3. The van der Waals surface area contributed by atoms with Crippen LogP contribution in [-0.4, -0.2) is 9.13 Å². The van der Waals surface area contributed by atoms with Crippen LogP contribution in [0.3, 0.4) is 0 Å². The van der Waals surface area contributed by atoms with Crippen molar-refractivity contribution >= 4 is 65.2 Å². The lowest BCUT2D eigenvalue weighted by molar-refractivity contribution is 1.18. The second kappa shape index (κ2) is 9.69. The molecular formula is C44H28N2. The molecule has 0 saturated heterocycles. The zero-order valence-electron chi connectivity index (χ0n) is 26.0. The van der Waals surface area contributed by atoms with Crippen LogP contribution < -0.4 is 0 Å². The monoisotopic (exact) mass is 585 g/mol. The Balaban J connectivity index is 1.25. The van der Waals surface area contributed by atoms with Gasteiger partial charge in [0.25, 0.3) is 0 Å². The molecule has 10 aromatic rings. The normalized spacial score (nSPS) is 12.2. The first-order valence-corrected chi connectivity index (χ1v) is 15.8. The molecule has 0 atom stereocenters. The van der Waals surface area contributed by atoms with Crippen LogP contribution in [-0.2, 0) is 0 Å². The van der Waals surface area contributed by atoms with Crippen LogP contribution in [0.25, 0.3) is 87.7 Å². The summed E-state index contributed by atoms with van der Waals surface area (Å²) in [7, 11) is 0. The van der Waals surface area contributed by atoms with Gasteiger partial charge in [-0.05, 0) is 81.2 Å². The molecule has 214 valence electrons. The lowest BCUT2D eigenvalue weighted by atomic mass is 10.0. The van der Waals surface area contributed by atoms with E-state index in [1.807, 2.05) is 12.1 Å². The summed E-state index contributed by atoms with van der Waals surface area (Å²) < 4.78 is 12.9. The number of rotatable bonds is 3. The van der Waals surface area contributed by atoms with E-state index in [1.165, 1.54) is 70.9 Å². The minimum Gasteiger partial charge on any atom is -0.309 e. The molecule has 46 heavy (non-hydrogen) atoms. The first kappa shape index (κ1) is 24.2. The minimum atomic E-state index is 0.537. The van der Waals surface area contributed by atoms with E-state index < -0.39 is 0 Å². The Labute approximate surface area is 267 Å². The quantitative estimate of drug-likeness (QED) is 0.183. The fraction of sp³-hybridized carbons (Fsp3) is 0. The molecule has 0 amide bonds. The van der Waals surface area contributed by atoms with Crippen molar-refractivity contribution in [3.05, 3.63) is 170 Å². The molecule has 0 saturated carbocycles. The van der Waals surface area contributed by atoms with Crippen molar-refractivity contribution in [2.24, 2.45) is 0 Å². The Hall–Kier alpha value is -6.12. The van der Waals surface area contributed by atoms with Gasteiger partial charge in [0.1, 0.15) is 0 Å². The molecule has 0 radical (unpaired) electrons. The van der Waals surface area contributed by atoms with E-state index >= 15 is 0 Å². The van der Waals surface area contributed by atoms with Gasteiger partial charge in [0, 0.05) is 32.9 Å². The third-order valence-electron chi connectivity index (χ3n) is 9.60. The molecule has 0 aliphatic heterocycles. The van der Waals surface area contributed by atoms with Crippen molar-refractivity contribution < 1.29 is 1.37 Å². The highest BCUT2D eigenvalue weighted by Gasteiger charge is 2.19. The van der Waals surface area contributed by atoms with Gasteiger partial charge in [-0.15, -0.1) is 0 Å². The van der Waals surface area contributed by atoms with Crippen molar-refractivity contribution in [3.63, 3.8) is 0 Å². The van der Waals surface area contributed by atoms with Gasteiger partial charge in [-0.2, -0.15) is 0 Å². The van der Waals surface area contributed by atoms with Crippen LogP contribution in [0.4, 0.5) is 0 Å². The lowest BCUT2D eigenvalue weighted by Gasteiger charge is -2.12. The van der Waals surface area contributed by atoms with E-state index in [4.69, 9.17) is 1.37 Å². The molecule has 2 aromatic heterocycles. The van der Waals surface area contributed by atoms with Crippen molar-refractivity contribution in [1.82, 2.24) is 9.13 Å². The SMILES string of the molecule is [2H]c1ccc2c(ccc3cc(-n4c5ccccc5c5cc6c(cc54)c4ccccc4n6-c4cccc(-c5ccccc5)c4)ccc32)c1. The number of aromatic nitrogens is 2. The Morgan fingerprint density at radius 3 is 1.65 bits per heavy atom. The van der Waals surface area contributed by atoms with Gasteiger partial charge in [-0.3, -0.25) is 0 Å². The molecule has 0 spiro atoms. The van der Waals surface area contributed by atoms with Crippen molar-refractivity contribution in [3.8, 4) is 22.5 Å². The van der Waals surface area contributed by atoms with Crippen LogP contribution >= 0.6 is 0 Å². The standard InChI is InChI=1S/C44H28N2/c1-2-11-29(12-3-1)31-14-10-15-33(25-31)45-41-19-8-6-17-37(41)39-28-44-40(27-43(39)45)38-18-7-9-20-42(38)46(44)34-23-24-36-32(26-34)22-21-30-13-4-5-16-35(30)36/h1-28H/i4D. The van der Waals surface area contributed by atoms with Gasteiger partial charge >= 0.3 is 0 Å². The average molecular weight is 586 g/mol. The summed E-state index contributed by atoms with van der Waals surface area (Å²) in [5, 5.41) is 9.62. The maximum Gasteiger partial charge on any atom is 0.0623 e. The van der Waals surface area contributed by atoms with E-state index in [-0.39, 0.29) is 0 Å². The number of hydrogen-bond acceptors (Lipinski definition) is 0. The third-order valence-corrected chi connectivity index (χ3v) is 9.60. The molecule has 8 aromatic carbocycles. The fourth-order valence-corrected chi connectivity index (χ4v) is 7.52. The highest BCUT2D eigenvalue weighted by Crippen LogP contribution is 2.40. The van der Waals surface area contributed by atoms with Crippen molar-refractivity contribution in [2.75, 3.05) is 0 Å². The number of fused-ring (bicyclic) bond motifs is 9. The third kappa shape index (κ3) is 3.65. The molecule has 0 aliphatic carbocycles. The van der Waals surface area contributed by atoms with Crippen LogP contribution in [0.15, 0.2) is 170 Å². The molecule has 2 heteroatoms. The van der Waals surface area contributed by atoms with Crippen LogP contribution in [0.2, 0.25) is 0 Å². The highest BCUT2D eigenvalue weighted by atomic mass is 15.0. The molecule has 0 fully saturated rings. The van der Waals surface area contributed by atoms with Crippen LogP contribution in [0.5, 0.6) is 0 Å². The summed E-state index contributed by atoms with van der Waals surface area (Å²) >= 11 is 0. The zero-order chi connectivity index (χ0) is 31.1. The van der Waals surface area contributed by atoms with E-state index in [1.54, 1.807) is 0 Å². The first-order valence-electron chi connectivity index (χ1n) is 16.3. The van der Waals surface area contributed by atoms with E-state index in [2.05, 4.69) is 161 Å². The number of hydrogen-bond donors (Lipinski definition) is 0. The van der Waals surface area contributed by atoms with Gasteiger partial charge in [0.05, 0.1) is 23.4 Å². The topological polar surface area (TPSA) is 9.86 Å². The largest absolute Gasteiger partial charge is 0.309 e. The summed E-state index contributed by atoms with van der Waals surface area (Å²) in [5.41, 5.74) is 9.49. The van der Waals surface area contributed by atoms with E-state index in [0.29, 0.717) is 6.04 Å². The summed E-state index contributed by atoms with van der Waals surface area (Å²) in [6.07, 6.45) is 0. The Kier molecular flexibility index (Phi) is 5.10. The van der Waals surface area contributed by atoms with Gasteiger partial charge < -0.3 is 9.13 Å². The first-order chi connectivity index (χ1) is 23.2. The van der Waals surface area contributed by atoms with Gasteiger partial charge in [-0.25, -0.2) is 0 Å². The maximum atomic E-state index is 8.07. The summed E-state index contributed by atoms with van der Waals surface area (Å²) in [4.78, 5) is 0. The molecular weight excluding hydrogens is 556 g/mol. The second-order valence-corrected chi connectivity index (χ2v) is 12.1. The smallest absolute Gasteiger partial charge is 0.0623 e. The van der Waals surface area contributed by atoms with Crippen LogP contribution in [0.1, 0.15) is 1.37 Å². The molecule has 0 N–H and O–H groups in total. The number of nitrogens with zero attached hydrogens (tertiary/aromatic N) is 2. The van der Waals surface area contributed by atoms with Gasteiger partial charge in [-0.1, -0.05) is 121 Å². The fourth-order valence-electron chi connectivity index (χ4n) is 7.52. The van der Waals surface area contributed by atoms with Gasteiger partial charge in [0.15, 0.2) is 0 Å². The molecule has 2 heterocycles. The van der Waals surface area contributed by atoms with Crippen molar-refractivity contribution in [1.29, 1.82) is 0 Å². The van der Waals surface area contributed by atoms with Crippen molar-refractivity contribution in [2.45, 2.75) is 0 Å². The highest BCUT2D eigenvalue weighted by molar-refractivity contribution is 6.19. The van der Waals surface area contributed by atoms with Gasteiger partial charge in [0.2, 0.25) is 0 Å². The Morgan fingerprint density at radius 1 is 0.326 bits per heavy atom. The second-order valence-electron chi connectivity index (χ2n) is 12.1. The van der Waals surface area contributed by atoms with E-state index in [9.17, 15) is 0 Å². The number of benzene rings is 8. The predicted molar refractivity (Wildman–Crippen MR) is 196 cm³/mol. The molecule has 10 rings (SSSR count). The minimum absolute atomic E-state index is 0.537. The maximum absolute atomic E-state index is 8.07. The summed E-state index contributed by atoms with van der Waals surface area (Å²) in [5.74, 6) is 0. The number of para-hydroxylation sites is 2. The predicted octanol–water partition coefficient (Wildman–Crippen LogP) is 11.9. The molecule has 0 unspecified atom stereocenters. The summed E-state index contributed by atoms with van der Waals surface area (Å²) in [6.45, 7) is 0. The Morgan fingerprint density at radius 2 is 0.913 bits per heavy atom.